The molecule has 5 nitrogen and oxygen atoms in total. The first kappa shape index (κ1) is 20.3. The van der Waals surface area contributed by atoms with Gasteiger partial charge in [0, 0.05) is 12.6 Å². The molecule has 1 atom stereocenters. The maximum Gasteiger partial charge on any atom is 0.240 e. The molecule has 0 aliphatic heterocycles. The second-order valence-corrected chi connectivity index (χ2v) is 8.07. The highest BCUT2D eigenvalue weighted by atomic mass is 32.2. The lowest BCUT2D eigenvalue weighted by Gasteiger charge is -2.20. The van der Waals surface area contributed by atoms with Gasteiger partial charge in [0.25, 0.3) is 0 Å². The first-order chi connectivity index (χ1) is 12.5. The Bertz CT molecular complexity index is 789. The predicted octanol–water partition coefficient (Wildman–Crippen LogP) is 3.95. The summed E-state index contributed by atoms with van der Waals surface area (Å²) in [5.74, 6) is 0.739. The number of ether oxygens (including phenoxy) is 1. The van der Waals surface area contributed by atoms with E-state index in [-0.39, 0.29) is 6.04 Å². The van der Waals surface area contributed by atoms with E-state index in [0.717, 1.165) is 36.3 Å². The van der Waals surface area contributed by atoms with Crippen LogP contribution >= 0.6 is 0 Å². The molecule has 0 aromatic heterocycles. The number of anilines is 1. The molecule has 1 unspecified atom stereocenters. The van der Waals surface area contributed by atoms with Gasteiger partial charge in [-0.3, -0.25) is 0 Å². The second kappa shape index (κ2) is 9.59. The number of hydrogen-bond donors (Lipinski definition) is 2. The third-order valence-corrected chi connectivity index (χ3v) is 5.74. The molecule has 0 radical (unpaired) electrons. The summed E-state index contributed by atoms with van der Waals surface area (Å²) < 4.78 is 33.6. The van der Waals surface area contributed by atoms with Crippen LogP contribution in [0.2, 0.25) is 0 Å². The summed E-state index contributed by atoms with van der Waals surface area (Å²) in [5.41, 5.74) is 1.88. The van der Waals surface area contributed by atoms with Gasteiger partial charge >= 0.3 is 0 Å². The monoisotopic (exact) mass is 376 g/mol. The van der Waals surface area contributed by atoms with E-state index < -0.39 is 10.0 Å². The Kier molecular flexibility index (Phi) is 7.48. The minimum atomic E-state index is -3.55. The van der Waals surface area contributed by atoms with Crippen molar-refractivity contribution in [3.05, 3.63) is 54.1 Å². The number of rotatable bonds is 10. The zero-order valence-corrected chi connectivity index (χ0v) is 16.5. The molecule has 2 N–H and O–H groups in total. The van der Waals surface area contributed by atoms with Gasteiger partial charge in [-0.05, 0) is 37.6 Å². The van der Waals surface area contributed by atoms with Crippen molar-refractivity contribution in [1.29, 1.82) is 0 Å². The van der Waals surface area contributed by atoms with Crippen molar-refractivity contribution in [2.75, 3.05) is 19.0 Å². The number of aryl methyl sites for hydroxylation is 1. The summed E-state index contributed by atoms with van der Waals surface area (Å²) in [6.45, 7) is 4.52. The number of hydrogen-bond acceptors (Lipinski definition) is 4. The summed E-state index contributed by atoms with van der Waals surface area (Å²) in [4.78, 5) is 0.293. The zero-order chi connectivity index (χ0) is 19.0. The largest absolute Gasteiger partial charge is 0.495 e. The molecule has 26 heavy (non-hydrogen) atoms. The van der Waals surface area contributed by atoms with E-state index in [2.05, 4.69) is 17.0 Å². The SMILES string of the molecule is CCCCC(CNc1ccccc1OC)NS(=O)(=O)c1ccc(C)cc1. The van der Waals surface area contributed by atoms with E-state index in [1.54, 1.807) is 19.2 Å². The first-order valence-electron chi connectivity index (χ1n) is 8.92. The topological polar surface area (TPSA) is 67.4 Å². The average molecular weight is 377 g/mol. The first-order valence-corrected chi connectivity index (χ1v) is 10.4. The standard InChI is InChI=1S/C20H28N2O3S/c1-4-5-8-17(15-21-19-9-6-7-10-20(19)25-3)22-26(23,24)18-13-11-16(2)12-14-18/h6-7,9-14,17,21-22H,4-5,8,15H2,1-3H3. The highest BCUT2D eigenvalue weighted by molar-refractivity contribution is 7.89. The summed E-state index contributed by atoms with van der Waals surface area (Å²) in [6, 6.07) is 14.3. The lowest BCUT2D eigenvalue weighted by Crippen LogP contribution is -2.39. The van der Waals surface area contributed by atoms with E-state index in [1.807, 2.05) is 43.3 Å². The van der Waals surface area contributed by atoms with E-state index in [9.17, 15) is 8.42 Å². The number of sulfonamides is 1. The normalized spacial score (nSPS) is 12.6. The maximum absolute atomic E-state index is 12.7. The van der Waals surface area contributed by atoms with Crippen LogP contribution in [0.5, 0.6) is 5.75 Å². The Morgan fingerprint density at radius 2 is 1.77 bits per heavy atom. The number of benzene rings is 2. The summed E-state index contributed by atoms with van der Waals surface area (Å²) in [7, 11) is -1.93. The van der Waals surface area contributed by atoms with Crippen LogP contribution in [0.1, 0.15) is 31.7 Å². The van der Waals surface area contributed by atoms with Gasteiger partial charge in [0.05, 0.1) is 17.7 Å². The van der Waals surface area contributed by atoms with Crippen LogP contribution < -0.4 is 14.8 Å². The highest BCUT2D eigenvalue weighted by Gasteiger charge is 2.20. The van der Waals surface area contributed by atoms with Crippen LogP contribution in [0.4, 0.5) is 5.69 Å². The number of para-hydroxylation sites is 2. The molecule has 0 bridgehead atoms. The Hall–Kier alpha value is -2.05. The van der Waals surface area contributed by atoms with Crippen LogP contribution in [-0.4, -0.2) is 28.1 Å². The fraction of sp³-hybridized carbons (Fsp3) is 0.400. The molecule has 0 spiro atoms. The highest BCUT2D eigenvalue weighted by Crippen LogP contribution is 2.23. The van der Waals surface area contributed by atoms with Crippen LogP contribution in [0, 0.1) is 6.92 Å². The molecule has 2 aromatic rings. The number of unbranched alkanes of at least 4 members (excludes halogenated alkanes) is 1. The molecule has 0 fully saturated rings. The van der Waals surface area contributed by atoms with Crippen molar-refractivity contribution >= 4 is 15.7 Å². The summed E-state index contributed by atoms with van der Waals surface area (Å²) >= 11 is 0. The fourth-order valence-electron chi connectivity index (χ4n) is 2.68. The Balaban J connectivity index is 2.10. The van der Waals surface area contributed by atoms with E-state index in [0.29, 0.717) is 11.4 Å². The van der Waals surface area contributed by atoms with Crippen LogP contribution in [0.25, 0.3) is 0 Å². The van der Waals surface area contributed by atoms with E-state index in [1.165, 1.54) is 0 Å². The van der Waals surface area contributed by atoms with Crippen molar-refractivity contribution in [3.8, 4) is 5.75 Å². The molecule has 0 heterocycles. The number of nitrogens with one attached hydrogen (secondary N) is 2. The molecular weight excluding hydrogens is 348 g/mol. The molecule has 6 heteroatoms. The van der Waals surface area contributed by atoms with Gasteiger partial charge in [-0.25, -0.2) is 13.1 Å². The molecule has 0 saturated heterocycles. The van der Waals surface area contributed by atoms with Gasteiger partial charge in [0.2, 0.25) is 10.0 Å². The van der Waals surface area contributed by atoms with Gasteiger partial charge in [-0.15, -0.1) is 0 Å². The van der Waals surface area contributed by atoms with Crippen LogP contribution in [0.3, 0.4) is 0 Å². The third kappa shape index (κ3) is 5.75. The molecular formula is C20H28N2O3S. The second-order valence-electron chi connectivity index (χ2n) is 6.35. The lowest BCUT2D eigenvalue weighted by molar-refractivity contribution is 0.416. The van der Waals surface area contributed by atoms with Crippen molar-refractivity contribution in [2.24, 2.45) is 0 Å². The van der Waals surface area contributed by atoms with Crippen LogP contribution in [-0.2, 0) is 10.0 Å². The minimum Gasteiger partial charge on any atom is -0.495 e. The molecule has 2 aromatic carbocycles. The smallest absolute Gasteiger partial charge is 0.240 e. The van der Waals surface area contributed by atoms with Crippen molar-refractivity contribution in [1.82, 2.24) is 4.72 Å². The molecule has 0 aliphatic rings. The van der Waals surface area contributed by atoms with Gasteiger partial charge in [0.15, 0.2) is 0 Å². The molecule has 2 rings (SSSR count). The quantitative estimate of drug-likeness (QED) is 0.659. The average Bonchev–Trinajstić information content (AvgIpc) is 2.64. The lowest BCUT2D eigenvalue weighted by atomic mass is 10.1. The van der Waals surface area contributed by atoms with E-state index >= 15 is 0 Å². The molecule has 0 aliphatic carbocycles. The molecule has 142 valence electrons. The fourth-order valence-corrected chi connectivity index (χ4v) is 3.95. The molecule has 0 saturated carbocycles. The summed E-state index contributed by atoms with van der Waals surface area (Å²) in [5, 5.41) is 3.30. The Labute approximate surface area is 156 Å². The predicted molar refractivity (Wildman–Crippen MR) is 106 cm³/mol. The Morgan fingerprint density at radius 3 is 2.42 bits per heavy atom. The maximum atomic E-state index is 12.7. The van der Waals surface area contributed by atoms with Gasteiger partial charge < -0.3 is 10.1 Å². The van der Waals surface area contributed by atoms with Crippen molar-refractivity contribution in [2.45, 2.75) is 44.0 Å². The van der Waals surface area contributed by atoms with Gasteiger partial charge in [-0.2, -0.15) is 0 Å². The minimum absolute atomic E-state index is 0.203. The van der Waals surface area contributed by atoms with Crippen molar-refractivity contribution in [3.63, 3.8) is 0 Å². The van der Waals surface area contributed by atoms with E-state index in [4.69, 9.17) is 4.74 Å². The van der Waals surface area contributed by atoms with Gasteiger partial charge in [-0.1, -0.05) is 49.6 Å². The van der Waals surface area contributed by atoms with Gasteiger partial charge in [0.1, 0.15) is 5.75 Å². The van der Waals surface area contributed by atoms with Crippen molar-refractivity contribution < 1.29 is 13.2 Å². The Morgan fingerprint density at radius 1 is 1.08 bits per heavy atom. The summed E-state index contributed by atoms with van der Waals surface area (Å²) in [6.07, 6.45) is 2.73. The number of methoxy groups -OCH3 is 1. The molecule has 0 amide bonds. The third-order valence-electron chi connectivity index (χ3n) is 4.21. The van der Waals surface area contributed by atoms with Crippen LogP contribution in [0.15, 0.2) is 53.4 Å². The zero-order valence-electron chi connectivity index (χ0n) is 15.7.